The number of urea groups is 1. The summed E-state index contributed by atoms with van der Waals surface area (Å²) in [7, 11) is 0. The van der Waals surface area contributed by atoms with Gasteiger partial charge in [0.2, 0.25) is 0 Å². The van der Waals surface area contributed by atoms with E-state index >= 15 is 0 Å². The van der Waals surface area contributed by atoms with Crippen LogP contribution in [0, 0.1) is 0 Å². The van der Waals surface area contributed by atoms with Gasteiger partial charge in [-0.15, -0.1) is 11.3 Å². The number of hydrogen-bond donors (Lipinski definition) is 2. The van der Waals surface area contributed by atoms with Gasteiger partial charge in [-0.25, -0.2) is 19.7 Å². The molecule has 0 unspecified atom stereocenters. The molecule has 9 nitrogen and oxygen atoms in total. The molecular weight excluding hydrogens is 596 g/mol. The fourth-order valence-electron chi connectivity index (χ4n) is 5.61. The maximum Gasteiger partial charge on any atom is 0.332 e. The van der Waals surface area contributed by atoms with Gasteiger partial charge in [0.25, 0.3) is 5.91 Å². The number of carbonyl (C=O) groups is 2. The summed E-state index contributed by atoms with van der Waals surface area (Å²) in [6.45, 7) is 3.40. The number of rotatable bonds is 8. The molecule has 5 aromatic rings. The summed E-state index contributed by atoms with van der Waals surface area (Å²) in [6.07, 6.45) is 6.26. The number of carbonyl (C=O) groups excluding carboxylic acids is 2. The predicted octanol–water partition coefficient (Wildman–Crippen LogP) is 8.10. The molecule has 1 saturated heterocycles. The van der Waals surface area contributed by atoms with Crippen LogP contribution in [0.1, 0.15) is 34.5 Å². The van der Waals surface area contributed by atoms with E-state index in [1.54, 1.807) is 18.2 Å². The number of nitrogens with zero attached hydrogens (tertiary/aromatic N) is 4. The summed E-state index contributed by atoms with van der Waals surface area (Å²) in [5, 5.41) is 6.80. The number of amides is 3. The Hall–Kier alpha value is -4.51. The third-order valence-electron chi connectivity index (χ3n) is 7.84. The Morgan fingerprint density at radius 2 is 1.80 bits per heavy atom. The first-order valence-electron chi connectivity index (χ1n) is 14.6. The zero-order valence-corrected chi connectivity index (χ0v) is 25.3. The van der Waals surface area contributed by atoms with E-state index in [4.69, 9.17) is 16.3 Å². The number of ether oxygens (including phenoxy) is 1. The van der Waals surface area contributed by atoms with Crippen molar-refractivity contribution in [2.24, 2.45) is 0 Å². The van der Waals surface area contributed by atoms with Crippen molar-refractivity contribution in [3.05, 3.63) is 94.6 Å². The molecule has 3 aromatic carbocycles. The molecule has 3 amide bonds. The first-order chi connectivity index (χ1) is 21.5. The van der Waals surface area contributed by atoms with Crippen LogP contribution in [-0.2, 0) is 6.42 Å². The highest BCUT2D eigenvalue weighted by Crippen LogP contribution is 2.45. The van der Waals surface area contributed by atoms with Gasteiger partial charge in [-0.2, -0.15) is 0 Å². The molecule has 11 heteroatoms. The highest BCUT2D eigenvalue weighted by molar-refractivity contribution is 7.21. The van der Waals surface area contributed by atoms with Crippen molar-refractivity contribution in [1.82, 2.24) is 14.9 Å². The molecule has 0 bridgehead atoms. The summed E-state index contributed by atoms with van der Waals surface area (Å²) in [6, 6.07) is 21.9. The summed E-state index contributed by atoms with van der Waals surface area (Å²) in [5.41, 5.74) is 2.81. The van der Waals surface area contributed by atoms with Crippen molar-refractivity contribution in [2.75, 3.05) is 35.2 Å². The van der Waals surface area contributed by atoms with E-state index in [2.05, 4.69) is 37.6 Å². The van der Waals surface area contributed by atoms with Crippen molar-refractivity contribution in [1.29, 1.82) is 0 Å². The summed E-state index contributed by atoms with van der Waals surface area (Å²) >= 11 is 7.77. The van der Waals surface area contributed by atoms with Crippen LogP contribution in [0.4, 0.5) is 27.7 Å². The zero-order valence-electron chi connectivity index (χ0n) is 23.8. The van der Waals surface area contributed by atoms with Crippen molar-refractivity contribution in [2.45, 2.75) is 25.7 Å². The zero-order chi connectivity index (χ0) is 30.0. The molecule has 0 atom stereocenters. The molecule has 0 aliphatic carbocycles. The van der Waals surface area contributed by atoms with E-state index in [1.165, 1.54) is 60.5 Å². The molecule has 2 aliphatic rings. The molecule has 2 N–H and O–H groups in total. The fourth-order valence-corrected chi connectivity index (χ4v) is 6.81. The Kier molecular flexibility index (Phi) is 7.86. The molecular formula is C33H29ClN6O3S. The topological polar surface area (TPSA) is 99.7 Å². The third kappa shape index (κ3) is 5.71. The Morgan fingerprint density at radius 3 is 2.57 bits per heavy atom. The van der Waals surface area contributed by atoms with E-state index in [0.29, 0.717) is 54.5 Å². The number of piperidine rings is 1. The van der Waals surface area contributed by atoms with Crippen LogP contribution in [0.15, 0.2) is 79.1 Å². The van der Waals surface area contributed by atoms with Gasteiger partial charge in [0.15, 0.2) is 5.82 Å². The number of aromatic nitrogens is 2. The maximum atomic E-state index is 13.5. The minimum Gasteiger partial charge on any atom is -0.456 e. The molecule has 0 spiro atoms. The molecule has 0 saturated carbocycles. The van der Waals surface area contributed by atoms with Gasteiger partial charge < -0.3 is 20.3 Å². The average molecular weight is 625 g/mol. The van der Waals surface area contributed by atoms with Gasteiger partial charge in [0.05, 0.1) is 21.8 Å². The number of likely N-dealkylation sites (tertiary alicyclic amines) is 1. The Balaban J connectivity index is 1.10. The standard InChI is InChI=1S/C33H29ClN6O3S/c34-25-19-23(13-14-26(25)43-24-7-3-1-4-8-24)40-30-27-28(38-33(40)42)29(44-32(27)36-20-35-30)31(41)37-22-11-9-21(10-12-22)15-18-39-16-5-2-6-17-39/h1,3-4,7-14,19-20H,2,5-6,15-18H2,(H,37,41)(H,38,42). The van der Waals surface area contributed by atoms with Crippen LogP contribution in [0.5, 0.6) is 11.5 Å². The van der Waals surface area contributed by atoms with Gasteiger partial charge in [-0.05, 0) is 80.4 Å². The van der Waals surface area contributed by atoms with Crippen molar-refractivity contribution < 1.29 is 14.3 Å². The summed E-state index contributed by atoms with van der Waals surface area (Å²) in [4.78, 5) is 40.6. The lowest BCUT2D eigenvalue weighted by molar-refractivity contribution is 0.103. The summed E-state index contributed by atoms with van der Waals surface area (Å²) in [5.74, 6) is 1.15. The summed E-state index contributed by atoms with van der Waals surface area (Å²) < 4.78 is 5.89. The minimum atomic E-state index is -0.462. The molecule has 0 radical (unpaired) electrons. The third-order valence-corrected chi connectivity index (χ3v) is 9.24. The number of thiophene rings is 1. The van der Waals surface area contributed by atoms with E-state index in [-0.39, 0.29) is 5.91 Å². The van der Waals surface area contributed by atoms with Crippen molar-refractivity contribution in [3.8, 4) is 11.5 Å². The van der Waals surface area contributed by atoms with Crippen LogP contribution in [0.25, 0.3) is 10.2 Å². The number of halogens is 1. The number of anilines is 4. The monoisotopic (exact) mass is 624 g/mol. The second-order valence-electron chi connectivity index (χ2n) is 10.8. The van der Waals surface area contributed by atoms with Crippen LogP contribution in [0.2, 0.25) is 5.02 Å². The molecule has 222 valence electrons. The lowest BCUT2D eigenvalue weighted by Crippen LogP contribution is -2.35. The predicted molar refractivity (Wildman–Crippen MR) is 175 cm³/mol. The Bertz CT molecular complexity index is 1840. The van der Waals surface area contributed by atoms with Crippen LogP contribution >= 0.6 is 22.9 Å². The van der Waals surface area contributed by atoms with Crippen LogP contribution < -0.4 is 20.3 Å². The molecule has 2 aliphatic heterocycles. The molecule has 1 fully saturated rings. The van der Waals surface area contributed by atoms with E-state index in [9.17, 15) is 9.59 Å². The van der Waals surface area contributed by atoms with E-state index in [0.717, 1.165) is 13.0 Å². The Morgan fingerprint density at radius 1 is 1.00 bits per heavy atom. The van der Waals surface area contributed by atoms with E-state index in [1.807, 2.05) is 42.5 Å². The molecule has 7 rings (SSSR count). The quantitative estimate of drug-likeness (QED) is 0.181. The van der Waals surface area contributed by atoms with Gasteiger partial charge in [-0.1, -0.05) is 48.4 Å². The number of para-hydroxylation sites is 1. The first kappa shape index (κ1) is 28.3. The lowest BCUT2D eigenvalue weighted by Gasteiger charge is -2.27. The number of benzene rings is 3. The molecule has 2 aromatic heterocycles. The van der Waals surface area contributed by atoms with Crippen LogP contribution in [0.3, 0.4) is 0 Å². The SMILES string of the molecule is O=C(Nc1ccc(CCN2CCCCC2)cc1)c1sc2ncnc3c2c1NC(=O)N3c1ccc(Oc2ccccc2)c(Cl)c1. The largest absolute Gasteiger partial charge is 0.456 e. The highest BCUT2D eigenvalue weighted by atomic mass is 35.5. The number of nitrogens with one attached hydrogen (secondary N) is 2. The van der Waals surface area contributed by atoms with Gasteiger partial charge in [0, 0.05) is 12.2 Å². The lowest BCUT2D eigenvalue weighted by atomic mass is 10.1. The Labute approximate surface area is 263 Å². The van der Waals surface area contributed by atoms with Crippen molar-refractivity contribution >= 4 is 68.0 Å². The normalized spacial score (nSPS) is 14.8. The minimum absolute atomic E-state index is 0.325. The van der Waals surface area contributed by atoms with Crippen molar-refractivity contribution in [3.63, 3.8) is 0 Å². The molecule has 44 heavy (non-hydrogen) atoms. The van der Waals surface area contributed by atoms with E-state index < -0.39 is 6.03 Å². The maximum absolute atomic E-state index is 13.5. The fraction of sp³-hybridized carbons (Fsp3) is 0.212. The number of hydrogen-bond acceptors (Lipinski definition) is 7. The second-order valence-corrected chi connectivity index (χ2v) is 12.2. The van der Waals surface area contributed by atoms with Gasteiger partial charge in [-0.3, -0.25) is 4.79 Å². The smallest absolute Gasteiger partial charge is 0.332 e. The van der Waals surface area contributed by atoms with Gasteiger partial charge in [0.1, 0.15) is 27.5 Å². The molecule has 4 heterocycles. The van der Waals surface area contributed by atoms with Crippen LogP contribution in [-0.4, -0.2) is 46.4 Å². The second kappa shape index (κ2) is 12.2. The first-order valence-corrected chi connectivity index (χ1v) is 15.8. The van der Waals surface area contributed by atoms with Gasteiger partial charge >= 0.3 is 6.03 Å². The highest BCUT2D eigenvalue weighted by Gasteiger charge is 2.34. The average Bonchev–Trinajstić information content (AvgIpc) is 3.42.